The first-order valence-corrected chi connectivity index (χ1v) is 5.69. The molecule has 1 aromatic heterocycles. The number of carbonyl (C=O) groups excluding carboxylic acids is 1. The van der Waals surface area contributed by atoms with Gasteiger partial charge in [-0.3, -0.25) is 9.59 Å². The lowest BCUT2D eigenvalue weighted by Gasteiger charge is -2.35. The van der Waals surface area contributed by atoms with E-state index in [1.165, 1.54) is 18.5 Å². The third kappa shape index (κ3) is 2.55. The summed E-state index contributed by atoms with van der Waals surface area (Å²) in [7, 11) is 0. The molecule has 1 N–H and O–H groups in total. The van der Waals surface area contributed by atoms with Gasteiger partial charge in [-0.15, -0.1) is 0 Å². The van der Waals surface area contributed by atoms with E-state index in [4.69, 9.17) is 4.74 Å². The summed E-state index contributed by atoms with van der Waals surface area (Å²) in [4.78, 5) is 28.2. The standard InChI is InChI=1S/C12H16N2O3/c1-8-6-14(7-9(2)17-8)12(16)10-5-13-4-3-11(10)15/h3-5,8-9H,6-7H2,1-2H3,(H,13,15)/t8-,9+. The minimum atomic E-state index is -0.249. The molecule has 5 heteroatoms. The zero-order valence-electron chi connectivity index (χ0n) is 9.97. The molecule has 0 aromatic carbocycles. The molecule has 92 valence electrons. The molecule has 1 amide bonds. The normalized spacial score (nSPS) is 24.7. The highest BCUT2D eigenvalue weighted by atomic mass is 16.5. The maximum absolute atomic E-state index is 12.2. The Kier molecular flexibility index (Phi) is 3.28. The van der Waals surface area contributed by atoms with Gasteiger partial charge in [-0.1, -0.05) is 0 Å². The molecule has 1 aromatic rings. The van der Waals surface area contributed by atoms with Gasteiger partial charge >= 0.3 is 0 Å². The summed E-state index contributed by atoms with van der Waals surface area (Å²) in [6.07, 6.45) is 2.98. The van der Waals surface area contributed by atoms with Gasteiger partial charge in [0.15, 0.2) is 5.43 Å². The van der Waals surface area contributed by atoms with Crippen molar-refractivity contribution in [2.75, 3.05) is 13.1 Å². The molecular weight excluding hydrogens is 220 g/mol. The van der Waals surface area contributed by atoms with E-state index in [2.05, 4.69) is 4.98 Å². The second-order valence-corrected chi connectivity index (χ2v) is 4.39. The maximum atomic E-state index is 12.2. The van der Waals surface area contributed by atoms with E-state index in [9.17, 15) is 9.59 Å². The largest absolute Gasteiger partial charge is 0.372 e. The molecule has 2 atom stereocenters. The molecule has 0 unspecified atom stereocenters. The number of amides is 1. The Morgan fingerprint density at radius 3 is 2.65 bits per heavy atom. The zero-order chi connectivity index (χ0) is 12.4. The topological polar surface area (TPSA) is 62.4 Å². The van der Waals surface area contributed by atoms with E-state index in [0.29, 0.717) is 13.1 Å². The van der Waals surface area contributed by atoms with Crippen molar-refractivity contribution in [2.24, 2.45) is 0 Å². The van der Waals surface area contributed by atoms with Crippen molar-refractivity contribution in [3.8, 4) is 0 Å². The molecule has 1 fully saturated rings. The average Bonchev–Trinajstić information content (AvgIpc) is 2.27. The highest BCUT2D eigenvalue weighted by molar-refractivity contribution is 5.93. The first kappa shape index (κ1) is 11.9. The van der Waals surface area contributed by atoms with Gasteiger partial charge in [0.25, 0.3) is 5.91 Å². The number of morpholine rings is 1. The molecule has 0 spiro atoms. The van der Waals surface area contributed by atoms with Crippen molar-refractivity contribution in [2.45, 2.75) is 26.1 Å². The van der Waals surface area contributed by atoms with Crippen molar-refractivity contribution in [1.82, 2.24) is 9.88 Å². The second kappa shape index (κ2) is 4.71. The van der Waals surface area contributed by atoms with Gasteiger partial charge in [-0.05, 0) is 13.8 Å². The minimum absolute atomic E-state index is 0.00509. The van der Waals surface area contributed by atoms with Crippen LogP contribution in [0.3, 0.4) is 0 Å². The number of ether oxygens (including phenoxy) is 1. The van der Waals surface area contributed by atoms with E-state index in [0.717, 1.165) is 0 Å². The smallest absolute Gasteiger partial charge is 0.259 e. The van der Waals surface area contributed by atoms with E-state index in [-0.39, 0.29) is 29.1 Å². The number of H-pyrrole nitrogens is 1. The Bertz CT molecular complexity index is 459. The lowest BCUT2D eigenvalue weighted by atomic mass is 10.2. The quantitative estimate of drug-likeness (QED) is 0.777. The summed E-state index contributed by atoms with van der Waals surface area (Å²) in [5.41, 5.74) is -0.0608. The zero-order valence-corrected chi connectivity index (χ0v) is 9.97. The lowest BCUT2D eigenvalue weighted by molar-refractivity contribution is -0.0586. The van der Waals surface area contributed by atoms with Crippen LogP contribution in [0.5, 0.6) is 0 Å². The number of pyridine rings is 1. The van der Waals surface area contributed by atoms with Gasteiger partial charge in [-0.2, -0.15) is 0 Å². The average molecular weight is 236 g/mol. The molecule has 2 heterocycles. The van der Waals surface area contributed by atoms with Crippen LogP contribution in [0.25, 0.3) is 0 Å². The number of rotatable bonds is 1. The summed E-state index contributed by atoms with van der Waals surface area (Å²) in [6.45, 7) is 4.89. The van der Waals surface area contributed by atoms with Gasteiger partial charge in [0.05, 0.1) is 12.2 Å². The maximum Gasteiger partial charge on any atom is 0.259 e. The Balaban J connectivity index is 2.20. The van der Waals surface area contributed by atoms with E-state index in [1.54, 1.807) is 4.90 Å². The van der Waals surface area contributed by atoms with Crippen LogP contribution in [-0.2, 0) is 4.74 Å². The van der Waals surface area contributed by atoms with Gasteiger partial charge < -0.3 is 14.6 Å². The Labute approximate surface area is 99.4 Å². The van der Waals surface area contributed by atoms with Crippen LogP contribution < -0.4 is 5.43 Å². The van der Waals surface area contributed by atoms with Crippen molar-refractivity contribution in [1.29, 1.82) is 0 Å². The number of carbonyl (C=O) groups is 1. The molecule has 0 saturated carbocycles. The van der Waals surface area contributed by atoms with Gasteiger partial charge in [-0.25, -0.2) is 0 Å². The Hall–Kier alpha value is -1.62. The number of hydrogen-bond acceptors (Lipinski definition) is 3. The van der Waals surface area contributed by atoms with Gasteiger partial charge in [0, 0.05) is 31.5 Å². The lowest BCUT2D eigenvalue weighted by Crippen LogP contribution is -2.49. The number of aromatic nitrogens is 1. The molecule has 1 aliphatic heterocycles. The Morgan fingerprint density at radius 1 is 1.41 bits per heavy atom. The summed E-state index contributed by atoms with van der Waals surface area (Å²) < 4.78 is 5.55. The number of nitrogens with one attached hydrogen (secondary N) is 1. The molecule has 5 nitrogen and oxygen atoms in total. The first-order chi connectivity index (χ1) is 8.08. The van der Waals surface area contributed by atoms with Crippen molar-refractivity contribution in [3.05, 3.63) is 34.2 Å². The van der Waals surface area contributed by atoms with Crippen LogP contribution in [0.1, 0.15) is 24.2 Å². The summed E-state index contributed by atoms with van der Waals surface area (Å²) in [5.74, 6) is -0.228. The van der Waals surface area contributed by atoms with Crippen LogP contribution in [0, 0.1) is 0 Å². The molecule has 0 radical (unpaired) electrons. The summed E-state index contributed by atoms with van der Waals surface area (Å²) in [5, 5.41) is 0. The van der Waals surface area contributed by atoms with Crippen LogP contribution in [-0.4, -0.2) is 41.1 Å². The number of aromatic amines is 1. The molecule has 0 aliphatic carbocycles. The van der Waals surface area contributed by atoms with Crippen molar-refractivity contribution >= 4 is 5.91 Å². The van der Waals surface area contributed by atoms with Gasteiger partial charge in [0.2, 0.25) is 0 Å². The van der Waals surface area contributed by atoms with Gasteiger partial charge in [0.1, 0.15) is 5.56 Å². The molecular formula is C12H16N2O3. The van der Waals surface area contributed by atoms with E-state index >= 15 is 0 Å². The fourth-order valence-electron chi connectivity index (χ4n) is 2.10. The predicted molar refractivity (Wildman–Crippen MR) is 63.0 cm³/mol. The SMILES string of the molecule is C[C@@H]1CN(C(=O)c2c[nH]ccc2=O)C[C@H](C)O1. The highest BCUT2D eigenvalue weighted by Crippen LogP contribution is 2.12. The number of nitrogens with zero attached hydrogens (tertiary/aromatic N) is 1. The molecule has 1 saturated heterocycles. The minimum Gasteiger partial charge on any atom is -0.372 e. The molecule has 1 aliphatic rings. The number of hydrogen-bond donors (Lipinski definition) is 1. The Morgan fingerprint density at radius 2 is 2.06 bits per heavy atom. The highest BCUT2D eigenvalue weighted by Gasteiger charge is 2.27. The van der Waals surface area contributed by atoms with Crippen LogP contribution in [0.15, 0.2) is 23.3 Å². The van der Waals surface area contributed by atoms with Crippen molar-refractivity contribution in [3.63, 3.8) is 0 Å². The predicted octanol–water partition coefficient (Wildman–Crippen LogP) is 0.624. The molecule has 17 heavy (non-hydrogen) atoms. The fourth-order valence-corrected chi connectivity index (χ4v) is 2.10. The monoisotopic (exact) mass is 236 g/mol. The van der Waals surface area contributed by atoms with E-state index < -0.39 is 0 Å². The first-order valence-electron chi connectivity index (χ1n) is 5.69. The summed E-state index contributed by atoms with van der Waals surface area (Å²) >= 11 is 0. The third-order valence-electron chi connectivity index (χ3n) is 2.76. The molecule has 0 bridgehead atoms. The van der Waals surface area contributed by atoms with Crippen LogP contribution in [0.4, 0.5) is 0 Å². The molecule has 2 rings (SSSR count). The third-order valence-corrected chi connectivity index (χ3v) is 2.76. The van der Waals surface area contributed by atoms with Crippen molar-refractivity contribution < 1.29 is 9.53 Å². The van der Waals surface area contributed by atoms with Crippen LogP contribution >= 0.6 is 0 Å². The second-order valence-electron chi connectivity index (χ2n) is 4.39. The summed E-state index contributed by atoms with van der Waals surface area (Å²) in [6, 6.07) is 1.36. The fraction of sp³-hybridized carbons (Fsp3) is 0.500. The van der Waals surface area contributed by atoms with Crippen LogP contribution in [0.2, 0.25) is 0 Å². The van der Waals surface area contributed by atoms with E-state index in [1.807, 2.05) is 13.8 Å².